The Hall–Kier alpha value is -3.48. The lowest BCUT2D eigenvalue weighted by Crippen LogP contribution is -2.14. The van der Waals surface area contributed by atoms with Crippen LogP contribution in [0.2, 0.25) is 0 Å². The Bertz CT molecular complexity index is 891. The van der Waals surface area contributed by atoms with Gasteiger partial charge < -0.3 is 10.1 Å². The van der Waals surface area contributed by atoms with Gasteiger partial charge in [-0.1, -0.05) is 12.1 Å². The van der Waals surface area contributed by atoms with E-state index in [9.17, 15) is 9.59 Å². The van der Waals surface area contributed by atoms with Crippen molar-refractivity contribution in [1.29, 1.82) is 0 Å². The zero-order chi connectivity index (χ0) is 17.6. The monoisotopic (exact) mass is 336 g/mol. The molecule has 0 fully saturated rings. The first-order valence-corrected chi connectivity index (χ1v) is 7.58. The van der Waals surface area contributed by atoms with Gasteiger partial charge in [0.05, 0.1) is 19.2 Å². The minimum absolute atomic E-state index is 0.283. The molecule has 3 rings (SSSR count). The number of amides is 1. The highest BCUT2D eigenvalue weighted by Crippen LogP contribution is 2.12. The lowest BCUT2D eigenvalue weighted by molar-refractivity contribution is 0.0600. The zero-order valence-corrected chi connectivity index (χ0v) is 13.5. The van der Waals surface area contributed by atoms with Crippen molar-refractivity contribution in [3.8, 4) is 0 Å². The summed E-state index contributed by atoms with van der Waals surface area (Å²) in [5, 5.41) is 6.83. The molecule has 25 heavy (non-hydrogen) atoms. The molecule has 0 atom stereocenters. The van der Waals surface area contributed by atoms with Gasteiger partial charge >= 0.3 is 5.97 Å². The summed E-state index contributed by atoms with van der Waals surface area (Å²) in [5.41, 5.74) is 1.77. The number of hydrogen-bond donors (Lipinski definition) is 1. The van der Waals surface area contributed by atoms with Crippen LogP contribution in [0.15, 0.2) is 61.1 Å². The molecular formula is C18H16N4O3. The van der Waals surface area contributed by atoms with Gasteiger partial charge in [-0.05, 0) is 35.9 Å². The quantitative estimate of drug-likeness (QED) is 0.723. The highest BCUT2D eigenvalue weighted by Gasteiger charge is 2.11. The number of nitrogens with zero attached hydrogens (tertiary/aromatic N) is 3. The molecule has 0 saturated carbocycles. The van der Waals surface area contributed by atoms with Crippen LogP contribution in [-0.2, 0) is 11.3 Å². The van der Waals surface area contributed by atoms with Gasteiger partial charge in [-0.2, -0.15) is 5.10 Å². The van der Waals surface area contributed by atoms with E-state index in [1.807, 2.05) is 24.4 Å². The minimum Gasteiger partial charge on any atom is -0.465 e. The summed E-state index contributed by atoms with van der Waals surface area (Å²) < 4.78 is 6.44. The number of carbonyl (C=O) groups is 2. The van der Waals surface area contributed by atoms with Crippen molar-refractivity contribution >= 4 is 17.7 Å². The highest BCUT2D eigenvalue weighted by molar-refractivity contribution is 6.04. The van der Waals surface area contributed by atoms with Gasteiger partial charge in [-0.25, -0.2) is 9.78 Å². The SMILES string of the molecule is COC(=O)c1ccnc(NC(=O)c2cccc(Cn3cccn3)c2)c1. The fourth-order valence-electron chi connectivity index (χ4n) is 2.32. The molecule has 0 radical (unpaired) electrons. The second-order valence-corrected chi connectivity index (χ2v) is 5.28. The molecule has 7 nitrogen and oxygen atoms in total. The summed E-state index contributed by atoms with van der Waals surface area (Å²) in [6.07, 6.45) is 5.00. The van der Waals surface area contributed by atoms with Crippen molar-refractivity contribution in [2.24, 2.45) is 0 Å². The number of benzene rings is 1. The third-order valence-corrected chi connectivity index (χ3v) is 3.52. The predicted molar refractivity (Wildman–Crippen MR) is 91.3 cm³/mol. The van der Waals surface area contributed by atoms with Gasteiger partial charge in [0.15, 0.2) is 0 Å². The van der Waals surface area contributed by atoms with Gasteiger partial charge in [0.1, 0.15) is 5.82 Å². The number of esters is 1. The van der Waals surface area contributed by atoms with E-state index in [1.165, 1.54) is 25.4 Å². The average Bonchev–Trinajstić information content (AvgIpc) is 3.14. The molecule has 2 aromatic heterocycles. The molecule has 1 aromatic carbocycles. The van der Waals surface area contributed by atoms with Crippen molar-refractivity contribution in [1.82, 2.24) is 14.8 Å². The molecule has 2 heterocycles. The Kier molecular flexibility index (Phi) is 4.84. The van der Waals surface area contributed by atoms with Crippen LogP contribution in [0, 0.1) is 0 Å². The summed E-state index contributed by atoms with van der Waals surface area (Å²) in [4.78, 5) is 28.0. The molecule has 0 bridgehead atoms. The molecule has 0 aliphatic rings. The summed E-state index contributed by atoms with van der Waals surface area (Å²) in [6, 6.07) is 12.1. The Morgan fingerprint density at radius 3 is 2.76 bits per heavy atom. The second-order valence-electron chi connectivity index (χ2n) is 5.28. The van der Waals surface area contributed by atoms with E-state index >= 15 is 0 Å². The molecular weight excluding hydrogens is 320 g/mol. The maximum Gasteiger partial charge on any atom is 0.338 e. The van der Waals surface area contributed by atoms with Gasteiger partial charge in [0.2, 0.25) is 0 Å². The maximum atomic E-state index is 12.4. The number of hydrogen-bond acceptors (Lipinski definition) is 5. The fraction of sp³-hybridized carbons (Fsp3) is 0.111. The number of ether oxygens (including phenoxy) is 1. The molecule has 1 N–H and O–H groups in total. The Morgan fingerprint density at radius 2 is 2.00 bits per heavy atom. The van der Waals surface area contributed by atoms with Crippen LogP contribution in [0.5, 0.6) is 0 Å². The Labute approximate surface area is 144 Å². The van der Waals surface area contributed by atoms with E-state index in [1.54, 1.807) is 23.0 Å². The molecule has 126 valence electrons. The summed E-state index contributed by atoms with van der Waals surface area (Å²) in [7, 11) is 1.30. The van der Waals surface area contributed by atoms with Gasteiger partial charge in [0, 0.05) is 24.2 Å². The number of carbonyl (C=O) groups excluding carboxylic acids is 2. The number of aromatic nitrogens is 3. The Morgan fingerprint density at radius 1 is 1.12 bits per heavy atom. The minimum atomic E-state index is -0.487. The van der Waals surface area contributed by atoms with Crippen molar-refractivity contribution in [2.45, 2.75) is 6.54 Å². The second kappa shape index (κ2) is 7.39. The van der Waals surface area contributed by atoms with Crippen LogP contribution in [0.25, 0.3) is 0 Å². The summed E-state index contributed by atoms with van der Waals surface area (Å²) >= 11 is 0. The van der Waals surface area contributed by atoms with Gasteiger partial charge in [0.25, 0.3) is 5.91 Å². The molecule has 3 aromatic rings. The normalized spacial score (nSPS) is 10.3. The summed E-state index contributed by atoms with van der Waals surface area (Å²) in [5.74, 6) is -0.513. The molecule has 0 aliphatic heterocycles. The van der Waals surface area contributed by atoms with Crippen molar-refractivity contribution < 1.29 is 14.3 Å². The standard InChI is InChI=1S/C18H16N4O3/c1-25-18(24)15-6-8-19-16(11-15)21-17(23)14-5-2-4-13(10-14)12-22-9-3-7-20-22/h2-11H,12H2,1H3,(H,19,21,23). The molecule has 1 amide bonds. The average molecular weight is 336 g/mol. The molecule has 0 saturated heterocycles. The predicted octanol–water partition coefficient (Wildman–Crippen LogP) is 2.37. The van der Waals surface area contributed by atoms with E-state index < -0.39 is 5.97 Å². The van der Waals surface area contributed by atoms with Crippen LogP contribution >= 0.6 is 0 Å². The first kappa shape index (κ1) is 16.4. The number of rotatable bonds is 5. The highest BCUT2D eigenvalue weighted by atomic mass is 16.5. The molecule has 0 aliphatic carbocycles. The lowest BCUT2D eigenvalue weighted by Gasteiger charge is -2.08. The molecule has 7 heteroatoms. The van der Waals surface area contributed by atoms with E-state index in [4.69, 9.17) is 0 Å². The third-order valence-electron chi connectivity index (χ3n) is 3.52. The van der Waals surface area contributed by atoms with E-state index in [0.717, 1.165) is 5.56 Å². The van der Waals surface area contributed by atoms with E-state index in [2.05, 4.69) is 20.1 Å². The third kappa shape index (κ3) is 4.08. The molecule has 0 unspecified atom stereocenters. The van der Waals surface area contributed by atoms with Gasteiger partial charge in [-0.3, -0.25) is 9.48 Å². The first-order valence-electron chi connectivity index (χ1n) is 7.58. The lowest BCUT2D eigenvalue weighted by atomic mass is 10.1. The van der Waals surface area contributed by atoms with Crippen LogP contribution in [0.1, 0.15) is 26.3 Å². The van der Waals surface area contributed by atoms with Crippen molar-refractivity contribution in [3.05, 3.63) is 77.7 Å². The molecule has 0 spiro atoms. The number of pyridine rings is 1. The van der Waals surface area contributed by atoms with Crippen molar-refractivity contribution in [2.75, 3.05) is 12.4 Å². The maximum absolute atomic E-state index is 12.4. The number of methoxy groups -OCH3 is 1. The van der Waals surface area contributed by atoms with Crippen LogP contribution in [-0.4, -0.2) is 33.8 Å². The van der Waals surface area contributed by atoms with E-state index in [0.29, 0.717) is 17.7 Å². The fourth-order valence-corrected chi connectivity index (χ4v) is 2.32. The topological polar surface area (TPSA) is 86.1 Å². The largest absolute Gasteiger partial charge is 0.465 e. The van der Waals surface area contributed by atoms with Crippen LogP contribution in [0.4, 0.5) is 5.82 Å². The zero-order valence-electron chi connectivity index (χ0n) is 13.5. The van der Waals surface area contributed by atoms with Gasteiger partial charge in [-0.15, -0.1) is 0 Å². The smallest absolute Gasteiger partial charge is 0.338 e. The van der Waals surface area contributed by atoms with E-state index in [-0.39, 0.29) is 11.7 Å². The van der Waals surface area contributed by atoms with Crippen LogP contribution in [0.3, 0.4) is 0 Å². The Balaban J connectivity index is 1.74. The number of nitrogens with one attached hydrogen (secondary N) is 1. The number of anilines is 1. The van der Waals surface area contributed by atoms with Crippen LogP contribution < -0.4 is 5.32 Å². The van der Waals surface area contributed by atoms with Crippen molar-refractivity contribution in [3.63, 3.8) is 0 Å². The first-order chi connectivity index (χ1) is 12.2. The summed E-state index contributed by atoms with van der Waals surface area (Å²) in [6.45, 7) is 0.574.